The fourth-order valence-electron chi connectivity index (χ4n) is 4.20. The number of fused-ring (bicyclic) bond motifs is 2. The maximum absolute atomic E-state index is 13.0. The average Bonchev–Trinajstić information content (AvgIpc) is 3.00. The lowest BCUT2D eigenvalue weighted by Gasteiger charge is -2.43. The van der Waals surface area contributed by atoms with Crippen LogP contribution in [-0.4, -0.2) is 43.1 Å². The highest BCUT2D eigenvalue weighted by molar-refractivity contribution is 6.08. The van der Waals surface area contributed by atoms with Crippen molar-refractivity contribution < 1.29 is 14.3 Å². The molecule has 0 spiro atoms. The molecule has 1 atom stereocenters. The van der Waals surface area contributed by atoms with Crippen LogP contribution < -0.4 is 15.0 Å². The van der Waals surface area contributed by atoms with Crippen LogP contribution in [0, 0.1) is 0 Å². The van der Waals surface area contributed by atoms with Gasteiger partial charge < -0.3 is 19.9 Å². The minimum Gasteiger partial charge on any atom is -0.494 e. The average molecular weight is 393 g/mol. The molecular formula is C23H27N3O3. The molecule has 2 aromatic rings. The van der Waals surface area contributed by atoms with Crippen LogP contribution in [0.4, 0.5) is 11.4 Å². The molecule has 0 aromatic heterocycles. The molecule has 6 heteroatoms. The number of benzene rings is 2. The maximum Gasteiger partial charge on any atom is 0.257 e. The molecule has 1 N–H and O–H groups in total. The third-order valence-corrected chi connectivity index (χ3v) is 5.72. The number of carbonyl (C=O) groups is 2. The summed E-state index contributed by atoms with van der Waals surface area (Å²) < 4.78 is 5.43. The predicted octanol–water partition coefficient (Wildman–Crippen LogP) is 4.13. The minimum atomic E-state index is -0.193. The Morgan fingerprint density at radius 3 is 2.69 bits per heavy atom. The fraction of sp³-hybridized carbons (Fsp3) is 0.391. The Morgan fingerprint density at radius 2 is 1.93 bits per heavy atom. The number of hydrogen-bond acceptors (Lipinski definition) is 4. The lowest BCUT2D eigenvalue weighted by Crippen LogP contribution is -2.53. The van der Waals surface area contributed by atoms with Gasteiger partial charge in [0.05, 0.1) is 17.9 Å². The number of rotatable bonds is 4. The third kappa shape index (κ3) is 3.79. The Kier molecular flexibility index (Phi) is 5.43. The molecule has 4 rings (SSSR count). The van der Waals surface area contributed by atoms with Crippen LogP contribution in [0.15, 0.2) is 42.5 Å². The van der Waals surface area contributed by atoms with Crippen molar-refractivity contribution in [2.45, 2.75) is 38.8 Å². The number of hydrogen-bond donors (Lipinski definition) is 1. The molecule has 2 aromatic carbocycles. The number of nitrogens with one attached hydrogen (secondary N) is 1. The lowest BCUT2D eigenvalue weighted by molar-refractivity contribution is 0.0661. The van der Waals surface area contributed by atoms with Crippen molar-refractivity contribution in [2.75, 3.05) is 30.4 Å². The first-order valence-electron chi connectivity index (χ1n) is 10.3. The standard InChI is InChI=1S/C23H27N3O3/c1-3-29-18-11-9-17(10-12-18)24-22(27)16-8-13-19-20(15-16)25(2)21-7-5-4-6-14-26(21)23(19)28/h8-13,15,21H,3-7,14H2,1-2H3,(H,24,27)/t21-/m1/s1. The fourth-order valence-corrected chi connectivity index (χ4v) is 4.20. The highest BCUT2D eigenvalue weighted by Gasteiger charge is 2.36. The Labute approximate surface area is 171 Å². The van der Waals surface area contributed by atoms with Crippen molar-refractivity contribution in [1.29, 1.82) is 0 Å². The summed E-state index contributed by atoms with van der Waals surface area (Å²) in [5, 5.41) is 2.92. The van der Waals surface area contributed by atoms with E-state index < -0.39 is 0 Å². The van der Waals surface area contributed by atoms with Gasteiger partial charge in [-0.3, -0.25) is 9.59 Å². The van der Waals surface area contributed by atoms with E-state index >= 15 is 0 Å². The number of amides is 2. The second kappa shape index (κ2) is 8.15. The van der Waals surface area contributed by atoms with Crippen molar-refractivity contribution in [1.82, 2.24) is 4.90 Å². The SMILES string of the molecule is CCOc1ccc(NC(=O)c2ccc3c(c2)N(C)[C@H]2CCCCCN2C3=O)cc1. The van der Waals surface area contributed by atoms with Gasteiger partial charge in [-0.05, 0) is 68.7 Å². The molecule has 2 aliphatic heterocycles. The number of carbonyl (C=O) groups excluding carboxylic acids is 2. The van der Waals surface area contributed by atoms with Crippen molar-refractivity contribution in [3.8, 4) is 5.75 Å². The first kappa shape index (κ1) is 19.3. The summed E-state index contributed by atoms with van der Waals surface area (Å²) in [6.45, 7) is 3.33. The zero-order chi connectivity index (χ0) is 20.4. The third-order valence-electron chi connectivity index (χ3n) is 5.72. The van der Waals surface area contributed by atoms with Gasteiger partial charge in [-0.25, -0.2) is 0 Å². The molecule has 2 aliphatic rings. The van der Waals surface area contributed by atoms with E-state index in [-0.39, 0.29) is 18.0 Å². The highest BCUT2D eigenvalue weighted by atomic mass is 16.5. The van der Waals surface area contributed by atoms with Gasteiger partial charge >= 0.3 is 0 Å². The molecule has 1 fully saturated rings. The van der Waals surface area contributed by atoms with E-state index in [1.54, 1.807) is 12.1 Å². The van der Waals surface area contributed by atoms with Crippen LogP contribution in [0.3, 0.4) is 0 Å². The van der Waals surface area contributed by atoms with E-state index in [2.05, 4.69) is 10.2 Å². The molecule has 0 radical (unpaired) electrons. The van der Waals surface area contributed by atoms with E-state index in [0.29, 0.717) is 23.4 Å². The number of ether oxygens (including phenoxy) is 1. The summed E-state index contributed by atoms with van der Waals surface area (Å²) in [4.78, 5) is 29.9. The van der Waals surface area contributed by atoms with Crippen LogP contribution in [0.25, 0.3) is 0 Å². The van der Waals surface area contributed by atoms with Gasteiger partial charge in [-0.1, -0.05) is 6.42 Å². The first-order valence-corrected chi connectivity index (χ1v) is 10.3. The Morgan fingerprint density at radius 1 is 1.14 bits per heavy atom. The smallest absolute Gasteiger partial charge is 0.257 e. The Balaban J connectivity index is 1.56. The summed E-state index contributed by atoms with van der Waals surface area (Å²) in [6, 6.07) is 12.6. The van der Waals surface area contributed by atoms with Gasteiger partial charge in [0.2, 0.25) is 0 Å². The summed E-state index contributed by atoms with van der Waals surface area (Å²) >= 11 is 0. The van der Waals surface area contributed by atoms with E-state index in [1.807, 2.05) is 49.2 Å². The van der Waals surface area contributed by atoms with Gasteiger partial charge in [-0.2, -0.15) is 0 Å². The van der Waals surface area contributed by atoms with Gasteiger partial charge in [0, 0.05) is 24.8 Å². The van der Waals surface area contributed by atoms with Crippen molar-refractivity contribution in [3.63, 3.8) is 0 Å². The zero-order valence-corrected chi connectivity index (χ0v) is 17.0. The normalized spacial score (nSPS) is 18.6. The zero-order valence-electron chi connectivity index (χ0n) is 17.0. The van der Waals surface area contributed by atoms with E-state index in [0.717, 1.165) is 43.7 Å². The van der Waals surface area contributed by atoms with Gasteiger partial charge in [0.15, 0.2) is 0 Å². The molecule has 29 heavy (non-hydrogen) atoms. The first-order chi connectivity index (χ1) is 14.1. The van der Waals surface area contributed by atoms with Crippen LogP contribution in [0.1, 0.15) is 53.3 Å². The second-order valence-corrected chi connectivity index (χ2v) is 7.58. The summed E-state index contributed by atoms with van der Waals surface area (Å²) in [5.41, 5.74) is 2.75. The molecular weight excluding hydrogens is 366 g/mol. The topological polar surface area (TPSA) is 61.9 Å². The predicted molar refractivity (Wildman–Crippen MR) is 114 cm³/mol. The van der Waals surface area contributed by atoms with Crippen LogP contribution in [-0.2, 0) is 0 Å². The van der Waals surface area contributed by atoms with Crippen LogP contribution in [0.2, 0.25) is 0 Å². The van der Waals surface area contributed by atoms with Crippen LogP contribution >= 0.6 is 0 Å². The molecule has 1 saturated heterocycles. The van der Waals surface area contributed by atoms with Crippen molar-refractivity contribution in [3.05, 3.63) is 53.6 Å². The minimum absolute atomic E-state index is 0.0712. The highest BCUT2D eigenvalue weighted by Crippen LogP contribution is 2.34. The maximum atomic E-state index is 13.0. The molecule has 0 saturated carbocycles. The van der Waals surface area contributed by atoms with E-state index in [9.17, 15) is 9.59 Å². The second-order valence-electron chi connectivity index (χ2n) is 7.58. The quantitative estimate of drug-likeness (QED) is 0.848. The summed E-state index contributed by atoms with van der Waals surface area (Å²) in [6.07, 6.45) is 4.35. The Hall–Kier alpha value is -3.02. The molecule has 2 heterocycles. The summed E-state index contributed by atoms with van der Waals surface area (Å²) in [7, 11) is 2.02. The molecule has 2 amide bonds. The largest absolute Gasteiger partial charge is 0.494 e. The van der Waals surface area contributed by atoms with Crippen LogP contribution in [0.5, 0.6) is 5.75 Å². The Bertz CT molecular complexity index is 910. The molecule has 0 bridgehead atoms. The molecule has 152 valence electrons. The lowest BCUT2D eigenvalue weighted by atomic mass is 10.0. The van der Waals surface area contributed by atoms with Gasteiger partial charge in [-0.15, -0.1) is 0 Å². The van der Waals surface area contributed by atoms with Gasteiger partial charge in [0.1, 0.15) is 11.9 Å². The van der Waals surface area contributed by atoms with E-state index in [4.69, 9.17) is 4.74 Å². The molecule has 0 aliphatic carbocycles. The summed E-state index contributed by atoms with van der Waals surface area (Å²) in [5.74, 6) is 0.650. The number of nitrogens with zero attached hydrogens (tertiary/aromatic N) is 2. The van der Waals surface area contributed by atoms with Crippen molar-refractivity contribution >= 4 is 23.2 Å². The van der Waals surface area contributed by atoms with Gasteiger partial charge in [0.25, 0.3) is 11.8 Å². The molecule has 0 unspecified atom stereocenters. The van der Waals surface area contributed by atoms with E-state index in [1.165, 1.54) is 0 Å². The monoisotopic (exact) mass is 393 g/mol. The molecule has 6 nitrogen and oxygen atoms in total. The van der Waals surface area contributed by atoms with Crippen molar-refractivity contribution in [2.24, 2.45) is 0 Å². The number of anilines is 2.